The largest absolute Gasteiger partial charge is 0.442 e. The topological polar surface area (TPSA) is 75.7 Å². The fraction of sp³-hybridized carbons (Fsp3) is 0.667. The quantitative estimate of drug-likeness (QED) is 0.639. The lowest BCUT2D eigenvalue weighted by Gasteiger charge is -2.26. The number of hydrogen-bond donors (Lipinski definition) is 1. The predicted octanol–water partition coefficient (Wildman–Crippen LogP) is 2.34. The van der Waals surface area contributed by atoms with E-state index in [4.69, 9.17) is 4.74 Å². The lowest BCUT2D eigenvalue weighted by molar-refractivity contribution is -0.120. The van der Waals surface area contributed by atoms with Crippen LogP contribution >= 0.6 is 0 Å². The number of ketones is 2. The van der Waals surface area contributed by atoms with Crippen LogP contribution in [-0.4, -0.2) is 35.3 Å². The fourth-order valence-corrected chi connectivity index (χ4v) is 2.10. The van der Waals surface area contributed by atoms with Crippen molar-refractivity contribution >= 4 is 17.7 Å². The molecule has 0 fully saturated rings. The van der Waals surface area contributed by atoms with E-state index in [1.165, 1.54) is 19.0 Å². The molecule has 0 saturated heterocycles. The average molecular weight is 296 g/mol. The average Bonchev–Trinajstić information content (AvgIpc) is 2.48. The first-order valence-electron chi connectivity index (χ1n) is 7.12. The Morgan fingerprint density at radius 1 is 1.19 bits per heavy atom. The summed E-state index contributed by atoms with van der Waals surface area (Å²) in [5.74, 6) is -0.443. The van der Waals surface area contributed by atoms with Crippen molar-refractivity contribution in [2.75, 3.05) is 7.05 Å². The van der Waals surface area contributed by atoms with Crippen molar-refractivity contribution in [2.45, 2.75) is 59.0 Å². The van der Waals surface area contributed by atoms with Gasteiger partial charge in [-0.1, -0.05) is 0 Å². The SMILES string of the molecule is CC(=O)C1=C(NN(C)C(=O)OC(C)(C)C)CCCCC1=O. The van der Waals surface area contributed by atoms with E-state index >= 15 is 0 Å². The van der Waals surface area contributed by atoms with Crippen LogP contribution in [0, 0.1) is 0 Å². The van der Waals surface area contributed by atoms with Gasteiger partial charge in [0.2, 0.25) is 0 Å². The molecule has 1 aliphatic carbocycles. The standard InChI is InChI=1S/C15H24N2O4/c1-10(18)13-11(8-6-7-9-12(13)19)16-17(5)14(20)21-15(2,3)4/h16H,6-9H2,1-5H3. The highest BCUT2D eigenvalue weighted by Gasteiger charge is 2.25. The summed E-state index contributed by atoms with van der Waals surface area (Å²) >= 11 is 0. The minimum atomic E-state index is -0.607. The van der Waals surface area contributed by atoms with E-state index in [0.29, 0.717) is 18.5 Å². The van der Waals surface area contributed by atoms with E-state index in [1.807, 2.05) is 0 Å². The smallest absolute Gasteiger partial charge is 0.428 e. The molecule has 0 atom stereocenters. The second kappa shape index (κ2) is 6.74. The maximum atomic E-state index is 12.0. The van der Waals surface area contributed by atoms with Gasteiger partial charge < -0.3 is 4.74 Å². The number of allylic oxidation sites excluding steroid dienone is 2. The maximum Gasteiger partial charge on any atom is 0.428 e. The Hall–Kier alpha value is -1.85. The molecule has 0 bridgehead atoms. The van der Waals surface area contributed by atoms with Crippen LogP contribution in [0.3, 0.4) is 0 Å². The zero-order valence-electron chi connectivity index (χ0n) is 13.4. The minimum absolute atomic E-state index is 0.167. The van der Waals surface area contributed by atoms with Crippen LogP contribution < -0.4 is 5.43 Å². The molecule has 1 aliphatic rings. The lowest BCUT2D eigenvalue weighted by atomic mass is 10.0. The van der Waals surface area contributed by atoms with Gasteiger partial charge in [0.25, 0.3) is 0 Å². The second-order valence-electron chi connectivity index (χ2n) is 6.19. The van der Waals surface area contributed by atoms with Crippen LogP contribution in [0.5, 0.6) is 0 Å². The highest BCUT2D eigenvalue weighted by atomic mass is 16.6. The summed E-state index contributed by atoms with van der Waals surface area (Å²) in [6, 6.07) is 0. The third kappa shape index (κ3) is 5.21. The van der Waals surface area contributed by atoms with Crippen molar-refractivity contribution in [2.24, 2.45) is 0 Å². The van der Waals surface area contributed by atoms with E-state index < -0.39 is 11.7 Å². The maximum absolute atomic E-state index is 12.0. The number of rotatable bonds is 3. The summed E-state index contributed by atoms with van der Waals surface area (Å²) in [7, 11) is 1.51. The number of Topliss-reactive ketones (excluding diaryl/α,β-unsaturated/α-hetero) is 2. The summed E-state index contributed by atoms with van der Waals surface area (Å²) in [4.78, 5) is 35.6. The number of nitrogens with zero attached hydrogens (tertiary/aromatic N) is 1. The second-order valence-corrected chi connectivity index (χ2v) is 6.19. The third-order valence-corrected chi connectivity index (χ3v) is 2.98. The van der Waals surface area contributed by atoms with Crippen molar-refractivity contribution in [3.63, 3.8) is 0 Å². The Balaban J connectivity index is 2.90. The molecule has 0 saturated carbocycles. The molecule has 21 heavy (non-hydrogen) atoms. The van der Waals surface area contributed by atoms with Crippen LogP contribution in [0.4, 0.5) is 4.79 Å². The van der Waals surface area contributed by atoms with Crippen molar-refractivity contribution in [1.82, 2.24) is 10.4 Å². The third-order valence-electron chi connectivity index (χ3n) is 2.98. The van der Waals surface area contributed by atoms with Crippen LogP contribution in [0.2, 0.25) is 0 Å². The zero-order chi connectivity index (χ0) is 16.2. The van der Waals surface area contributed by atoms with Crippen LogP contribution in [-0.2, 0) is 14.3 Å². The summed E-state index contributed by atoms with van der Waals surface area (Å²) in [6.45, 7) is 6.68. The first-order chi connectivity index (χ1) is 9.61. The highest BCUT2D eigenvalue weighted by Crippen LogP contribution is 2.21. The van der Waals surface area contributed by atoms with Gasteiger partial charge in [0.15, 0.2) is 11.6 Å². The fourth-order valence-electron chi connectivity index (χ4n) is 2.10. The Bertz CT molecular complexity index is 475. The monoisotopic (exact) mass is 296 g/mol. The molecule has 0 spiro atoms. The highest BCUT2D eigenvalue weighted by molar-refractivity contribution is 6.20. The van der Waals surface area contributed by atoms with E-state index in [-0.39, 0.29) is 17.1 Å². The molecular formula is C15H24N2O4. The number of carbonyl (C=O) groups is 3. The molecule has 6 nitrogen and oxygen atoms in total. The van der Waals surface area contributed by atoms with Gasteiger partial charge in [-0.2, -0.15) is 0 Å². The number of hydrazine groups is 1. The van der Waals surface area contributed by atoms with E-state index in [0.717, 1.165) is 12.8 Å². The van der Waals surface area contributed by atoms with E-state index in [2.05, 4.69) is 5.43 Å². The number of carbonyl (C=O) groups excluding carboxylic acids is 3. The number of ether oxygens (including phenoxy) is 1. The Morgan fingerprint density at radius 2 is 1.76 bits per heavy atom. The molecule has 0 aliphatic heterocycles. The van der Waals surface area contributed by atoms with Gasteiger partial charge in [0.05, 0.1) is 5.57 Å². The number of hydrogen-bond acceptors (Lipinski definition) is 5. The zero-order valence-corrected chi connectivity index (χ0v) is 13.4. The summed E-state index contributed by atoms with van der Waals surface area (Å²) in [5.41, 5.74) is 2.90. The predicted molar refractivity (Wildman–Crippen MR) is 78.3 cm³/mol. The van der Waals surface area contributed by atoms with Crippen LogP contribution in [0.25, 0.3) is 0 Å². The first kappa shape index (κ1) is 17.2. The van der Waals surface area contributed by atoms with Gasteiger partial charge in [0, 0.05) is 19.2 Å². The number of nitrogens with one attached hydrogen (secondary N) is 1. The van der Waals surface area contributed by atoms with E-state index in [1.54, 1.807) is 20.8 Å². The molecule has 118 valence electrons. The van der Waals surface area contributed by atoms with Gasteiger partial charge in [-0.3, -0.25) is 15.0 Å². The van der Waals surface area contributed by atoms with Crippen molar-refractivity contribution in [3.8, 4) is 0 Å². The first-order valence-corrected chi connectivity index (χ1v) is 7.12. The Morgan fingerprint density at radius 3 is 2.29 bits per heavy atom. The molecule has 0 aromatic heterocycles. The molecule has 1 amide bonds. The summed E-state index contributed by atoms with van der Waals surface area (Å²) in [6.07, 6.45) is 1.92. The molecule has 6 heteroatoms. The van der Waals surface area contributed by atoms with Gasteiger partial charge in [0.1, 0.15) is 5.60 Å². The Kier molecular flexibility index (Phi) is 5.52. The van der Waals surface area contributed by atoms with Gasteiger partial charge in [-0.15, -0.1) is 0 Å². The van der Waals surface area contributed by atoms with Gasteiger partial charge >= 0.3 is 6.09 Å². The Labute approximate surface area is 125 Å². The molecule has 0 heterocycles. The molecule has 1 N–H and O–H groups in total. The van der Waals surface area contributed by atoms with Crippen molar-refractivity contribution < 1.29 is 19.1 Å². The van der Waals surface area contributed by atoms with Crippen molar-refractivity contribution in [3.05, 3.63) is 11.3 Å². The van der Waals surface area contributed by atoms with Crippen LogP contribution in [0.1, 0.15) is 53.4 Å². The number of amides is 1. The summed E-state index contributed by atoms with van der Waals surface area (Å²) in [5, 5.41) is 1.17. The molecule has 0 radical (unpaired) electrons. The molecule has 1 rings (SSSR count). The molecule has 0 aromatic carbocycles. The molecule has 0 unspecified atom stereocenters. The van der Waals surface area contributed by atoms with Crippen LogP contribution in [0.15, 0.2) is 11.3 Å². The van der Waals surface area contributed by atoms with Gasteiger partial charge in [-0.25, -0.2) is 9.80 Å². The van der Waals surface area contributed by atoms with Gasteiger partial charge in [-0.05, 0) is 47.0 Å². The minimum Gasteiger partial charge on any atom is -0.442 e. The lowest BCUT2D eigenvalue weighted by Crippen LogP contribution is -2.43. The summed E-state index contributed by atoms with van der Waals surface area (Å²) < 4.78 is 5.23. The van der Waals surface area contributed by atoms with Crippen molar-refractivity contribution in [1.29, 1.82) is 0 Å². The normalized spacial score (nSPS) is 16.3. The van der Waals surface area contributed by atoms with E-state index in [9.17, 15) is 14.4 Å². The molecule has 0 aromatic rings. The molecular weight excluding hydrogens is 272 g/mol.